The van der Waals surface area contributed by atoms with Gasteiger partial charge in [-0.05, 0) is 69.9 Å². The van der Waals surface area contributed by atoms with E-state index in [4.69, 9.17) is 16.3 Å². The van der Waals surface area contributed by atoms with Crippen LogP contribution in [0.4, 0.5) is 0 Å². The first-order chi connectivity index (χ1) is 16.3. The maximum atomic E-state index is 13.2. The lowest BCUT2D eigenvalue weighted by Gasteiger charge is -2.26. The lowest BCUT2D eigenvalue weighted by Crippen LogP contribution is -2.31. The summed E-state index contributed by atoms with van der Waals surface area (Å²) in [5.41, 5.74) is 1.83. The topological polar surface area (TPSA) is 87.1 Å². The van der Waals surface area contributed by atoms with E-state index in [2.05, 4.69) is 15.9 Å². The van der Waals surface area contributed by atoms with Gasteiger partial charge in [-0.2, -0.15) is 0 Å². The van der Waals surface area contributed by atoms with Gasteiger partial charge >= 0.3 is 0 Å². The monoisotopic (exact) mass is 541 g/mol. The first kappa shape index (κ1) is 23.9. The zero-order valence-corrected chi connectivity index (χ0v) is 20.5. The predicted octanol–water partition coefficient (Wildman–Crippen LogP) is 5.48. The summed E-state index contributed by atoms with van der Waals surface area (Å²) in [7, 11) is 1.41. The Labute approximate surface area is 210 Å². The van der Waals surface area contributed by atoms with Gasteiger partial charge in [-0.1, -0.05) is 41.9 Å². The Morgan fingerprint density at radius 3 is 2.41 bits per heavy atom. The van der Waals surface area contributed by atoms with Crippen LogP contribution >= 0.6 is 27.5 Å². The highest BCUT2D eigenvalue weighted by atomic mass is 79.9. The number of methoxy groups -OCH3 is 1. The molecule has 4 rings (SSSR count). The number of rotatable bonds is 6. The number of nitrogens with zero attached hydrogens (tertiary/aromatic N) is 1. The van der Waals surface area contributed by atoms with Crippen LogP contribution in [0.2, 0.25) is 5.02 Å². The van der Waals surface area contributed by atoms with Gasteiger partial charge in [0.05, 0.1) is 23.2 Å². The first-order valence-corrected chi connectivity index (χ1v) is 11.6. The first-order valence-electron chi connectivity index (χ1n) is 10.5. The zero-order valence-electron chi connectivity index (χ0n) is 18.2. The Kier molecular flexibility index (Phi) is 6.95. The molecular weight excluding hydrogens is 522 g/mol. The normalized spacial score (nSPS) is 17.3. The summed E-state index contributed by atoms with van der Waals surface area (Å²) in [6, 6.07) is 18.2. The minimum Gasteiger partial charge on any atom is -0.507 e. The molecule has 6 nitrogen and oxygen atoms in total. The molecular formula is C26H21BrClNO5. The van der Waals surface area contributed by atoms with Crippen molar-refractivity contribution in [1.29, 1.82) is 0 Å². The number of benzene rings is 3. The Morgan fingerprint density at radius 1 is 1.09 bits per heavy atom. The molecule has 3 aromatic rings. The molecule has 3 aromatic carbocycles. The van der Waals surface area contributed by atoms with Crippen molar-refractivity contribution in [3.8, 4) is 11.5 Å². The molecule has 0 aliphatic carbocycles. The van der Waals surface area contributed by atoms with Crippen molar-refractivity contribution < 1.29 is 24.5 Å². The van der Waals surface area contributed by atoms with Gasteiger partial charge in [0.15, 0.2) is 11.5 Å². The average molecular weight is 543 g/mol. The third-order valence-electron chi connectivity index (χ3n) is 5.73. The van der Waals surface area contributed by atoms with Crippen LogP contribution in [0.3, 0.4) is 0 Å². The largest absolute Gasteiger partial charge is 0.507 e. The lowest BCUT2D eigenvalue weighted by atomic mass is 9.95. The summed E-state index contributed by atoms with van der Waals surface area (Å²) in [5.74, 6) is -1.73. The van der Waals surface area contributed by atoms with E-state index in [0.29, 0.717) is 27.0 Å². The van der Waals surface area contributed by atoms with Crippen LogP contribution in [0.1, 0.15) is 22.7 Å². The molecule has 34 heavy (non-hydrogen) atoms. The van der Waals surface area contributed by atoms with Gasteiger partial charge in [0.2, 0.25) is 0 Å². The SMILES string of the molecule is COc1cc(C2C(=C(O)c3ccc(Cl)cc3)C(=O)C(=O)N2CCc2ccccc2)cc(Br)c1O. The highest BCUT2D eigenvalue weighted by Gasteiger charge is 2.46. The molecule has 1 atom stereocenters. The third-order valence-corrected chi connectivity index (χ3v) is 6.58. The number of likely N-dealkylation sites (tertiary alicyclic amines) is 1. The van der Waals surface area contributed by atoms with Gasteiger partial charge in [-0.25, -0.2) is 0 Å². The van der Waals surface area contributed by atoms with Crippen LogP contribution in [-0.4, -0.2) is 40.5 Å². The number of carbonyl (C=O) groups is 2. The summed E-state index contributed by atoms with van der Waals surface area (Å²) in [6.45, 7) is 0.247. The predicted molar refractivity (Wildman–Crippen MR) is 133 cm³/mol. The molecule has 1 saturated heterocycles. The van der Waals surface area contributed by atoms with Crippen LogP contribution in [-0.2, 0) is 16.0 Å². The van der Waals surface area contributed by atoms with Crippen LogP contribution in [0.5, 0.6) is 11.5 Å². The van der Waals surface area contributed by atoms with E-state index in [1.165, 1.54) is 12.0 Å². The molecule has 1 heterocycles. The van der Waals surface area contributed by atoms with Crippen molar-refractivity contribution in [1.82, 2.24) is 4.90 Å². The maximum Gasteiger partial charge on any atom is 0.295 e. The molecule has 2 N–H and O–H groups in total. The number of amides is 1. The Bertz CT molecular complexity index is 1270. The van der Waals surface area contributed by atoms with Crippen LogP contribution in [0.25, 0.3) is 5.76 Å². The third kappa shape index (κ3) is 4.54. The highest BCUT2D eigenvalue weighted by molar-refractivity contribution is 9.10. The lowest BCUT2D eigenvalue weighted by molar-refractivity contribution is -0.139. The minimum absolute atomic E-state index is 0.0416. The Balaban J connectivity index is 1.85. The Hall–Kier alpha value is -3.29. The van der Waals surface area contributed by atoms with Crippen molar-refractivity contribution in [2.75, 3.05) is 13.7 Å². The summed E-state index contributed by atoms with van der Waals surface area (Å²) in [6.07, 6.45) is 0.516. The van der Waals surface area contributed by atoms with Crippen molar-refractivity contribution in [3.63, 3.8) is 0 Å². The second kappa shape index (κ2) is 9.91. The van der Waals surface area contributed by atoms with Crippen LogP contribution in [0, 0.1) is 0 Å². The van der Waals surface area contributed by atoms with E-state index in [-0.39, 0.29) is 29.4 Å². The van der Waals surface area contributed by atoms with Gasteiger partial charge in [-0.15, -0.1) is 0 Å². The number of phenolic OH excluding ortho intramolecular Hbond substituents is 1. The van der Waals surface area contributed by atoms with Crippen molar-refractivity contribution in [3.05, 3.63) is 98.5 Å². The number of ketones is 1. The fraction of sp³-hybridized carbons (Fsp3) is 0.154. The van der Waals surface area contributed by atoms with E-state index in [1.807, 2.05) is 30.3 Å². The van der Waals surface area contributed by atoms with Crippen molar-refractivity contribution in [2.24, 2.45) is 0 Å². The summed E-state index contributed by atoms with van der Waals surface area (Å²) < 4.78 is 5.61. The van der Waals surface area contributed by atoms with E-state index in [9.17, 15) is 19.8 Å². The van der Waals surface area contributed by atoms with Crippen LogP contribution in [0.15, 0.2) is 76.8 Å². The number of aliphatic hydroxyl groups is 1. The Morgan fingerprint density at radius 2 is 1.76 bits per heavy atom. The van der Waals surface area contributed by atoms with Gasteiger partial charge in [0.1, 0.15) is 5.76 Å². The van der Waals surface area contributed by atoms with Gasteiger partial charge in [0.25, 0.3) is 11.7 Å². The molecule has 0 radical (unpaired) electrons. The summed E-state index contributed by atoms with van der Waals surface area (Å²) >= 11 is 9.28. The number of hydrogen-bond acceptors (Lipinski definition) is 5. The number of hydrogen-bond donors (Lipinski definition) is 2. The van der Waals surface area contributed by atoms with Crippen LogP contribution < -0.4 is 4.74 Å². The molecule has 0 aromatic heterocycles. The zero-order chi connectivity index (χ0) is 24.4. The molecule has 174 valence electrons. The minimum atomic E-state index is -0.884. The van der Waals surface area contributed by atoms with E-state index in [1.54, 1.807) is 36.4 Å². The molecule has 1 fully saturated rings. The summed E-state index contributed by atoms with van der Waals surface area (Å²) in [4.78, 5) is 27.7. The molecule has 1 aliphatic rings. The molecule has 0 bridgehead atoms. The smallest absolute Gasteiger partial charge is 0.295 e. The number of aliphatic hydroxyl groups excluding tert-OH is 1. The maximum absolute atomic E-state index is 13.2. The number of phenols is 1. The fourth-order valence-corrected chi connectivity index (χ4v) is 4.61. The quantitative estimate of drug-likeness (QED) is 0.245. The molecule has 8 heteroatoms. The van der Waals surface area contributed by atoms with E-state index < -0.39 is 17.7 Å². The van der Waals surface area contributed by atoms with Gasteiger partial charge in [-0.3, -0.25) is 9.59 Å². The average Bonchev–Trinajstić information content (AvgIpc) is 3.10. The number of halogens is 2. The molecule has 1 amide bonds. The van der Waals surface area contributed by atoms with Crippen molar-refractivity contribution >= 4 is 45.0 Å². The molecule has 1 unspecified atom stereocenters. The fourth-order valence-electron chi connectivity index (χ4n) is 4.02. The molecule has 1 aliphatic heterocycles. The van der Waals surface area contributed by atoms with Gasteiger partial charge in [0, 0.05) is 17.1 Å². The number of Topliss-reactive ketones (excluding diaryl/α,β-unsaturated/α-hetero) is 1. The van der Waals surface area contributed by atoms with Crippen molar-refractivity contribution in [2.45, 2.75) is 12.5 Å². The summed E-state index contributed by atoms with van der Waals surface area (Å²) in [5, 5.41) is 21.9. The highest BCUT2D eigenvalue weighted by Crippen LogP contribution is 2.44. The number of carbonyl (C=O) groups excluding carboxylic acids is 2. The van der Waals surface area contributed by atoms with Gasteiger partial charge < -0.3 is 19.8 Å². The second-order valence-corrected chi connectivity index (χ2v) is 9.08. The van der Waals surface area contributed by atoms with E-state index in [0.717, 1.165) is 5.56 Å². The standard InChI is InChI=1S/C26H21BrClNO5/c1-34-20-14-17(13-19(27)24(20)31)22-21(23(30)16-7-9-18(28)10-8-16)25(32)26(33)29(22)12-11-15-5-3-2-4-6-15/h2-10,13-14,22,30-31H,11-12H2,1H3. The number of aromatic hydroxyl groups is 1. The van der Waals surface area contributed by atoms with E-state index >= 15 is 0 Å². The second-order valence-electron chi connectivity index (χ2n) is 7.79. The molecule has 0 saturated carbocycles. The molecule has 0 spiro atoms. The number of ether oxygens (including phenoxy) is 1.